The molecule has 1 heterocycles. The van der Waals surface area contributed by atoms with E-state index in [1.54, 1.807) is 0 Å². The molecule has 2 rings (SSSR count). The highest BCUT2D eigenvalue weighted by Crippen LogP contribution is 2.38. The number of hydrogen-bond donors (Lipinski definition) is 2. The third-order valence-corrected chi connectivity index (χ3v) is 4.25. The van der Waals surface area contributed by atoms with Gasteiger partial charge in [0.15, 0.2) is 0 Å². The number of amides is 1. The van der Waals surface area contributed by atoms with Crippen molar-refractivity contribution in [3.05, 3.63) is 0 Å². The van der Waals surface area contributed by atoms with Gasteiger partial charge in [-0.2, -0.15) is 0 Å². The average Bonchev–Trinajstić information content (AvgIpc) is 2.78. The Balaban J connectivity index is 2.03. The Morgan fingerprint density at radius 1 is 1.35 bits per heavy atom. The van der Waals surface area contributed by atoms with Crippen molar-refractivity contribution in [1.29, 1.82) is 0 Å². The van der Waals surface area contributed by atoms with Gasteiger partial charge in [0, 0.05) is 26.2 Å². The molecule has 1 aliphatic heterocycles. The van der Waals surface area contributed by atoms with E-state index in [0.717, 1.165) is 58.3 Å². The van der Waals surface area contributed by atoms with Crippen molar-refractivity contribution in [3.8, 4) is 0 Å². The quantitative estimate of drug-likeness (QED) is 0.765. The molecule has 0 bridgehead atoms. The van der Waals surface area contributed by atoms with Gasteiger partial charge in [-0.25, -0.2) is 0 Å². The van der Waals surface area contributed by atoms with Crippen LogP contribution in [0, 0.1) is 5.92 Å². The Kier molecular flexibility index (Phi) is 4.05. The summed E-state index contributed by atoms with van der Waals surface area (Å²) in [6.45, 7) is 5.33. The fourth-order valence-electron chi connectivity index (χ4n) is 3.23. The van der Waals surface area contributed by atoms with E-state index in [-0.39, 0.29) is 11.8 Å². The Bertz CT molecular complexity index is 269. The molecule has 1 saturated carbocycles. The molecule has 98 valence electrons. The van der Waals surface area contributed by atoms with Crippen LogP contribution in [0.2, 0.25) is 0 Å². The number of rotatable bonds is 3. The maximum absolute atomic E-state index is 12.5. The molecule has 0 aromatic heterocycles. The standard InChI is InChI=1S/C13H24N2O2/c1-2-11(13(17)5-3-4-6-13)12(16)15-9-7-14-8-10-15/h11,14,17H,2-10H2,1H3. The summed E-state index contributed by atoms with van der Waals surface area (Å²) in [6.07, 6.45) is 4.45. The molecule has 1 aliphatic carbocycles. The lowest BCUT2D eigenvalue weighted by molar-refractivity contribution is -0.146. The Labute approximate surface area is 103 Å². The van der Waals surface area contributed by atoms with Crippen LogP contribution in [0.5, 0.6) is 0 Å². The second-order valence-corrected chi connectivity index (χ2v) is 5.35. The van der Waals surface area contributed by atoms with E-state index in [2.05, 4.69) is 5.32 Å². The number of carbonyl (C=O) groups excluding carboxylic acids is 1. The Morgan fingerprint density at radius 3 is 2.47 bits per heavy atom. The van der Waals surface area contributed by atoms with Crippen LogP contribution in [0.25, 0.3) is 0 Å². The zero-order valence-electron chi connectivity index (χ0n) is 10.7. The molecule has 0 aromatic carbocycles. The molecule has 1 amide bonds. The third kappa shape index (κ3) is 2.63. The Morgan fingerprint density at radius 2 is 1.94 bits per heavy atom. The van der Waals surface area contributed by atoms with Gasteiger partial charge in [-0.15, -0.1) is 0 Å². The smallest absolute Gasteiger partial charge is 0.228 e. The van der Waals surface area contributed by atoms with Crippen LogP contribution in [0.3, 0.4) is 0 Å². The van der Waals surface area contributed by atoms with Gasteiger partial charge in [-0.3, -0.25) is 4.79 Å². The van der Waals surface area contributed by atoms with E-state index in [1.165, 1.54) is 0 Å². The minimum Gasteiger partial charge on any atom is -0.389 e. The first kappa shape index (κ1) is 12.8. The van der Waals surface area contributed by atoms with Crippen molar-refractivity contribution in [1.82, 2.24) is 10.2 Å². The maximum Gasteiger partial charge on any atom is 0.228 e. The fraction of sp³-hybridized carbons (Fsp3) is 0.923. The molecule has 0 spiro atoms. The summed E-state index contributed by atoms with van der Waals surface area (Å²) in [6, 6.07) is 0. The summed E-state index contributed by atoms with van der Waals surface area (Å²) >= 11 is 0. The molecule has 4 heteroatoms. The molecular weight excluding hydrogens is 216 g/mol. The molecule has 0 radical (unpaired) electrons. The number of carbonyl (C=O) groups is 1. The van der Waals surface area contributed by atoms with Gasteiger partial charge >= 0.3 is 0 Å². The molecule has 1 atom stereocenters. The Hall–Kier alpha value is -0.610. The van der Waals surface area contributed by atoms with E-state index in [9.17, 15) is 9.90 Å². The topological polar surface area (TPSA) is 52.6 Å². The van der Waals surface area contributed by atoms with Crippen LogP contribution in [0.4, 0.5) is 0 Å². The lowest BCUT2D eigenvalue weighted by Gasteiger charge is -2.36. The van der Waals surface area contributed by atoms with Crippen LogP contribution in [0.15, 0.2) is 0 Å². The lowest BCUT2D eigenvalue weighted by Crippen LogP contribution is -2.52. The van der Waals surface area contributed by atoms with Gasteiger partial charge < -0.3 is 15.3 Å². The minimum absolute atomic E-state index is 0.165. The second-order valence-electron chi connectivity index (χ2n) is 5.35. The summed E-state index contributed by atoms with van der Waals surface area (Å²) in [5.74, 6) is -0.0264. The number of aliphatic hydroxyl groups is 1. The fourth-order valence-corrected chi connectivity index (χ4v) is 3.23. The first-order valence-electron chi connectivity index (χ1n) is 6.89. The minimum atomic E-state index is -0.725. The number of piperazine rings is 1. The molecule has 4 nitrogen and oxygen atoms in total. The predicted octanol–water partition coefficient (Wildman–Crippen LogP) is 0.749. The predicted molar refractivity (Wildman–Crippen MR) is 66.6 cm³/mol. The van der Waals surface area contributed by atoms with Gasteiger partial charge in [0.2, 0.25) is 5.91 Å². The number of hydrogen-bond acceptors (Lipinski definition) is 3. The lowest BCUT2D eigenvalue weighted by atomic mass is 9.82. The first-order chi connectivity index (χ1) is 8.17. The van der Waals surface area contributed by atoms with Crippen molar-refractivity contribution < 1.29 is 9.90 Å². The summed E-state index contributed by atoms with van der Waals surface area (Å²) in [7, 11) is 0. The van der Waals surface area contributed by atoms with Crippen molar-refractivity contribution in [2.75, 3.05) is 26.2 Å². The molecule has 2 fully saturated rings. The highest BCUT2D eigenvalue weighted by Gasteiger charge is 2.43. The van der Waals surface area contributed by atoms with Crippen molar-refractivity contribution in [2.24, 2.45) is 5.92 Å². The third-order valence-electron chi connectivity index (χ3n) is 4.25. The van der Waals surface area contributed by atoms with E-state index in [1.807, 2.05) is 11.8 Å². The van der Waals surface area contributed by atoms with Gasteiger partial charge in [-0.05, 0) is 19.3 Å². The van der Waals surface area contributed by atoms with Crippen LogP contribution < -0.4 is 5.32 Å². The van der Waals surface area contributed by atoms with E-state index < -0.39 is 5.60 Å². The maximum atomic E-state index is 12.5. The van der Waals surface area contributed by atoms with E-state index >= 15 is 0 Å². The van der Waals surface area contributed by atoms with E-state index in [4.69, 9.17) is 0 Å². The molecular formula is C13H24N2O2. The largest absolute Gasteiger partial charge is 0.389 e. The zero-order valence-corrected chi connectivity index (χ0v) is 10.7. The number of nitrogens with one attached hydrogen (secondary N) is 1. The molecule has 1 unspecified atom stereocenters. The second kappa shape index (κ2) is 5.36. The summed E-state index contributed by atoms with van der Waals surface area (Å²) in [4.78, 5) is 14.4. The van der Waals surface area contributed by atoms with Crippen LogP contribution in [-0.2, 0) is 4.79 Å². The van der Waals surface area contributed by atoms with Gasteiger partial charge in [0.1, 0.15) is 0 Å². The number of nitrogens with zero attached hydrogens (tertiary/aromatic N) is 1. The van der Waals surface area contributed by atoms with E-state index in [0.29, 0.717) is 0 Å². The average molecular weight is 240 g/mol. The van der Waals surface area contributed by atoms with Gasteiger partial charge in [0.05, 0.1) is 11.5 Å². The van der Waals surface area contributed by atoms with Crippen molar-refractivity contribution in [2.45, 2.75) is 44.6 Å². The monoisotopic (exact) mass is 240 g/mol. The SMILES string of the molecule is CCC(C(=O)N1CCNCC1)C1(O)CCCC1. The van der Waals surface area contributed by atoms with Crippen LogP contribution >= 0.6 is 0 Å². The summed E-state index contributed by atoms with van der Waals surface area (Å²) < 4.78 is 0. The highest BCUT2D eigenvalue weighted by atomic mass is 16.3. The molecule has 2 N–H and O–H groups in total. The zero-order chi connectivity index (χ0) is 12.3. The first-order valence-corrected chi connectivity index (χ1v) is 6.89. The summed E-state index contributed by atoms with van der Waals surface area (Å²) in [5, 5.41) is 13.8. The van der Waals surface area contributed by atoms with Gasteiger partial charge in [0.25, 0.3) is 0 Å². The van der Waals surface area contributed by atoms with Crippen molar-refractivity contribution >= 4 is 5.91 Å². The van der Waals surface area contributed by atoms with Gasteiger partial charge in [-0.1, -0.05) is 19.8 Å². The van der Waals surface area contributed by atoms with Crippen LogP contribution in [-0.4, -0.2) is 47.7 Å². The van der Waals surface area contributed by atoms with Crippen LogP contribution in [0.1, 0.15) is 39.0 Å². The summed E-state index contributed by atoms with van der Waals surface area (Å²) in [5.41, 5.74) is -0.725. The molecule has 17 heavy (non-hydrogen) atoms. The van der Waals surface area contributed by atoms with Crippen molar-refractivity contribution in [3.63, 3.8) is 0 Å². The highest BCUT2D eigenvalue weighted by molar-refractivity contribution is 5.80. The molecule has 2 aliphatic rings. The molecule has 0 aromatic rings. The molecule has 1 saturated heterocycles. The normalized spacial score (nSPS) is 25.9.